The summed E-state index contributed by atoms with van der Waals surface area (Å²) in [5, 5.41) is 22.3. The van der Waals surface area contributed by atoms with Gasteiger partial charge in [0.05, 0.1) is 11.7 Å². The van der Waals surface area contributed by atoms with Crippen molar-refractivity contribution in [3.05, 3.63) is 59.9 Å². The lowest BCUT2D eigenvalue weighted by Gasteiger charge is -2.43. The van der Waals surface area contributed by atoms with Crippen LogP contribution in [0.15, 0.2) is 48.5 Å². The monoisotopic (exact) mass is 514 g/mol. The summed E-state index contributed by atoms with van der Waals surface area (Å²) < 4.78 is 24.5. The highest BCUT2D eigenvalue weighted by Crippen LogP contribution is 2.42. The summed E-state index contributed by atoms with van der Waals surface area (Å²) >= 11 is 0. The van der Waals surface area contributed by atoms with Gasteiger partial charge in [-0.25, -0.2) is 4.39 Å². The summed E-state index contributed by atoms with van der Waals surface area (Å²) in [7, 11) is 1.67. The molecule has 0 bridgehead atoms. The molecule has 5 atom stereocenters. The first-order chi connectivity index (χ1) is 17.8. The van der Waals surface area contributed by atoms with Crippen molar-refractivity contribution in [2.75, 3.05) is 26.8 Å². The van der Waals surface area contributed by atoms with Gasteiger partial charge in [0.15, 0.2) is 0 Å². The third kappa shape index (κ3) is 6.68. The number of unbranched alkanes of at least 4 members (excludes halogenated alkanes) is 1. The quantitative estimate of drug-likeness (QED) is 0.415. The number of hydrogen-bond donors (Lipinski definition) is 3. The van der Waals surface area contributed by atoms with E-state index in [4.69, 9.17) is 15.2 Å². The van der Waals surface area contributed by atoms with Crippen LogP contribution in [0.4, 0.5) is 4.39 Å². The molecule has 1 aliphatic carbocycles. The number of piperidine rings is 1. The number of aliphatic hydroxyl groups excluding tert-OH is 1. The molecule has 5 unspecified atom stereocenters. The van der Waals surface area contributed by atoms with Crippen LogP contribution in [-0.4, -0.2) is 60.0 Å². The second-order valence-corrected chi connectivity index (χ2v) is 10.5. The molecule has 2 aromatic rings. The van der Waals surface area contributed by atoms with Crippen LogP contribution in [0, 0.1) is 17.7 Å². The van der Waals surface area contributed by atoms with Gasteiger partial charge in [-0.3, -0.25) is 4.79 Å². The van der Waals surface area contributed by atoms with Crippen LogP contribution in [0.5, 0.6) is 11.5 Å². The van der Waals surface area contributed by atoms with Gasteiger partial charge in [0.2, 0.25) is 5.91 Å². The Bertz CT molecular complexity index is 1030. The van der Waals surface area contributed by atoms with Gasteiger partial charge in [-0.1, -0.05) is 12.1 Å². The molecule has 0 spiro atoms. The number of amides is 1. The lowest BCUT2D eigenvalue weighted by Crippen LogP contribution is -2.49. The molecule has 7 nitrogen and oxygen atoms in total. The van der Waals surface area contributed by atoms with E-state index in [2.05, 4.69) is 0 Å². The summed E-state index contributed by atoms with van der Waals surface area (Å²) in [4.78, 5) is 15.1. The molecule has 202 valence electrons. The van der Waals surface area contributed by atoms with Crippen LogP contribution in [0.2, 0.25) is 0 Å². The van der Waals surface area contributed by atoms with E-state index in [0.717, 1.165) is 31.2 Å². The third-order valence-electron chi connectivity index (χ3n) is 7.87. The van der Waals surface area contributed by atoms with Crippen LogP contribution in [-0.2, 0) is 15.1 Å². The Morgan fingerprint density at radius 3 is 2.65 bits per heavy atom. The summed E-state index contributed by atoms with van der Waals surface area (Å²) in [6.45, 7) is 1.71. The average Bonchev–Trinajstić information content (AvgIpc) is 3.25. The number of aliphatic hydroxyl groups is 2. The van der Waals surface area contributed by atoms with Gasteiger partial charge in [-0.2, -0.15) is 0 Å². The van der Waals surface area contributed by atoms with E-state index in [-0.39, 0.29) is 29.6 Å². The summed E-state index contributed by atoms with van der Waals surface area (Å²) in [5.41, 5.74) is 5.54. The fraction of sp³-hybridized carbons (Fsp3) is 0.552. The molecule has 2 aliphatic rings. The Morgan fingerprint density at radius 2 is 1.95 bits per heavy atom. The van der Waals surface area contributed by atoms with Crippen molar-refractivity contribution in [1.82, 2.24) is 4.90 Å². The number of nitrogens with two attached hydrogens (primary N) is 1. The molecule has 2 fully saturated rings. The number of rotatable bonds is 10. The number of likely N-dealkylation sites (tertiary alicyclic amines) is 1. The second-order valence-electron chi connectivity index (χ2n) is 10.5. The molecule has 37 heavy (non-hydrogen) atoms. The topological polar surface area (TPSA) is 105 Å². The Morgan fingerprint density at radius 1 is 1.16 bits per heavy atom. The van der Waals surface area contributed by atoms with E-state index in [1.165, 1.54) is 12.1 Å². The summed E-state index contributed by atoms with van der Waals surface area (Å²) in [5.74, 6) is 0.314. The lowest BCUT2D eigenvalue weighted by molar-refractivity contribution is -0.141. The van der Waals surface area contributed by atoms with E-state index in [9.17, 15) is 19.4 Å². The average molecular weight is 515 g/mol. The SMILES string of the molecule is COCCCCC(O)(c1cccc(Oc2ccc(F)cc2)c1)C1CCCN(C(=O)C2CC(N)C(O)C2)C1. The number of carbonyl (C=O) groups is 1. The highest BCUT2D eigenvalue weighted by Gasteiger charge is 2.43. The van der Waals surface area contributed by atoms with E-state index >= 15 is 0 Å². The number of methoxy groups -OCH3 is 1. The lowest BCUT2D eigenvalue weighted by atomic mass is 9.74. The number of halogens is 1. The Balaban J connectivity index is 1.54. The largest absolute Gasteiger partial charge is 0.457 e. The minimum Gasteiger partial charge on any atom is -0.457 e. The van der Waals surface area contributed by atoms with Crippen molar-refractivity contribution in [3.63, 3.8) is 0 Å². The maximum atomic E-state index is 13.3. The Hall–Kier alpha value is -2.52. The van der Waals surface area contributed by atoms with Crippen molar-refractivity contribution >= 4 is 5.91 Å². The highest BCUT2D eigenvalue weighted by molar-refractivity contribution is 5.79. The zero-order valence-electron chi connectivity index (χ0n) is 21.5. The van der Waals surface area contributed by atoms with E-state index < -0.39 is 11.7 Å². The minimum absolute atomic E-state index is 0.0202. The normalized spacial score (nSPS) is 25.6. The first kappa shape index (κ1) is 27.5. The van der Waals surface area contributed by atoms with Gasteiger partial charge in [-0.05, 0) is 86.9 Å². The molecular weight excluding hydrogens is 475 g/mol. The van der Waals surface area contributed by atoms with Gasteiger partial charge in [-0.15, -0.1) is 0 Å². The standard InChI is InChI=1S/C29H39FN2O5/c1-36-15-3-2-13-29(35,21-6-4-8-25(18-21)37-24-11-9-23(30)10-12-24)22-7-5-14-32(19-22)28(34)20-16-26(31)27(33)17-20/h4,6,8-12,18,20,22,26-27,33,35H,2-3,5,7,13-17,19,31H2,1H3. The van der Waals surface area contributed by atoms with Crippen molar-refractivity contribution in [2.24, 2.45) is 17.6 Å². The number of hydrogen-bond acceptors (Lipinski definition) is 6. The first-order valence-electron chi connectivity index (χ1n) is 13.3. The van der Waals surface area contributed by atoms with Crippen molar-refractivity contribution in [2.45, 2.75) is 62.7 Å². The molecule has 2 aromatic carbocycles. The van der Waals surface area contributed by atoms with Crippen LogP contribution >= 0.6 is 0 Å². The van der Waals surface area contributed by atoms with Gasteiger partial charge in [0.1, 0.15) is 17.3 Å². The fourth-order valence-electron chi connectivity index (χ4n) is 5.77. The van der Waals surface area contributed by atoms with E-state index in [1.807, 2.05) is 29.2 Å². The van der Waals surface area contributed by atoms with Gasteiger partial charge >= 0.3 is 0 Å². The number of carbonyl (C=O) groups excluding carboxylic acids is 1. The first-order valence-corrected chi connectivity index (χ1v) is 13.3. The minimum atomic E-state index is -1.17. The molecule has 1 saturated heterocycles. The maximum Gasteiger partial charge on any atom is 0.225 e. The second kappa shape index (κ2) is 12.3. The Kier molecular flexibility index (Phi) is 9.18. The molecule has 1 saturated carbocycles. The predicted octanol–water partition coefficient (Wildman–Crippen LogP) is 3.96. The van der Waals surface area contributed by atoms with E-state index in [0.29, 0.717) is 50.5 Å². The van der Waals surface area contributed by atoms with Gasteiger partial charge in [0, 0.05) is 44.7 Å². The Labute approximate surface area is 218 Å². The van der Waals surface area contributed by atoms with Crippen molar-refractivity contribution < 1.29 is 28.9 Å². The fourth-order valence-corrected chi connectivity index (χ4v) is 5.77. The maximum absolute atomic E-state index is 13.3. The molecule has 4 rings (SSSR count). The van der Waals surface area contributed by atoms with Crippen LogP contribution < -0.4 is 10.5 Å². The number of nitrogens with zero attached hydrogens (tertiary/aromatic N) is 1. The van der Waals surface area contributed by atoms with Gasteiger partial charge < -0.3 is 30.3 Å². The van der Waals surface area contributed by atoms with Crippen LogP contribution in [0.25, 0.3) is 0 Å². The predicted molar refractivity (Wildman–Crippen MR) is 139 cm³/mol. The molecular formula is C29H39FN2O5. The van der Waals surface area contributed by atoms with Crippen molar-refractivity contribution in [3.8, 4) is 11.5 Å². The van der Waals surface area contributed by atoms with E-state index in [1.54, 1.807) is 19.2 Å². The van der Waals surface area contributed by atoms with Gasteiger partial charge in [0.25, 0.3) is 0 Å². The van der Waals surface area contributed by atoms with Crippen molar-refractivity contribution in [1.29, 1.82) is 0 Å². The van der Waals surface area contributed by atoms with Crippen LogP contribution in [0.1, 0.15) is 50.5 Å². The molecule has 0 radical (unpaired) electrons. The molecule has 1 aliphatic heterocycles. The molecule has 0 aromatic heterocycles. The number of ether oxygens (including phenoxy) is 2. The zero-order valence-corrected chi connectivity index (χ0v) is 21.5. The zero-order chi connectivity index (χ0) is 26.4. The highest BCUT2D eigenvalue weighted by atomic mass is 19.1. The number of benzene rings is 2. The molecule has 1 amide bonds. The smallest absolute Gasteiger partial charge is 0.225 e. The van der Waals surface area contributed by atoms with Crippen LogP contribution in [0.3, 0.4) is 0 Å². The third-order valence-corrected chi connectivity index (χ3v) is 7.87. The molecule has 8 heteroatoms. The molecule has 4 N–H and O–H groups in total. The summed E-state index contributed by atoms with van der Waals surface area (Å²) in [6.07, 6.45) is 3.94. The summed E-state index contributed by atoms with van der Waals surface area (Å²) in [6, 6.07) is 12.9. The molecule has 1 heterocycles.